The highest BCUT2D eigenvalue weighted by atomic mass is 16.6. The summed E-state index contributed by atoms with van der Waals surface area (Å²) in [6.07, 6.45) is 3.20. The summed E-state index contributed by atoms with van der Waals surface area (Å²) in [5, 5.41) is 22.5. The van der Waals surface area contributed by atoms with Gasteiger partial charge in [0, 0.05) is 12.1 Å². The largest absolute Gasteiger partial charge is 0.545 e. The number of hydrogen-bond acceptors (Lipinski definition) is 6. The molecule has 1 heterocycles. The zero-order chi connectivity index (χ0) is 22.0. The van der Waals surface area contributed by atoms with Crippen LogP contribution in [0.15, 0.2) is 77.6 Å². The minimum Gasteiger partial charge on any atom is -0.545 e. The van der Waals surface area contributed by atoms with Crippen LogP contribution in [0.25, 0.3) is 28.7 Å². The average molecular weight is 412 g/mol. The minimum absolute atomic E-state index is 0.0146. The number of para-hydroxylation sites is 1. The molecule has 0 saturated heterocycles. The van der Waals surface area contributed by atoms with Crippen molar-refractivity contribution in [2.24, 2.45) is 0 Å². The standard InChI is InChI=1S/C23H15N3O5/c27-22-19-6-1-2-7-20(19)24-21(13-8-15-4-3-5-18(14-15)26(30)31)25(22)17-11-9-16(10-12-17)23(28)29/h1-14H,(H,28,29)/p-1/b13-8+. The molecule has 4 rings (SSSR count). The molecule has 0 atom stereocenters. The van der Waals surface area contributed by atoms with Crippen molar-refractivity contribution in [1.29, 1.82) is 0 Å². The van der Waals surface area contributed by atoms with Crippen LogP contribution in [0.5, 0.6) is 0 Å². The number of carboxylic acid groups (broad SMARTS) is 1. The summed E-state index contributed by atoms with van der Waals surface area (Å²) in [5.74, 6) is -1.03. The highest BCUT2D eigenvalue weighted by molar-refractivity contribution is 5.86. The van der Waals surface area contributed by atoms with Gasteiger partial charge in [0.25, 0.3) is 11.2 Å². The van der Waals surface area contributed by atoms with Crippen LogP contribution >= 0.6 is 0 Å². The van der Waals surface area contributed by atoms with E-state index in [9.17, 15) is 24.8 Å². The fraction of sp³-hybridized carbons (Fsp3) is 0. The Bertz CT molecular complexity index is 1410. The number of rotatable bonds is 5. The van der Waals surface area contributed by atoms with Crippen molar-refractivity contribution < 1.29 is 14.8 Å². The van der Waals surface area contributed by atoms with Crippen LogP contribution in [0.1, 0.15) is 21.7 Å². The number of carbonyl (C=O) groups is 1. The Morgan fingerprint density at radius 1 is 0.968 bits per heavy atom. The Hall–Kier alpha value is -4.59. The second kappa shape index (κ2) is 8.03. The molecule has 0 amide bonds. The molecule has 4 aromatic rings. The monoisotopic (exact) mass is 412 g/mol. The second-order valence-electron chi connectivity index (χ2n) is 6.65. The van der Waals surface area contributed by atoms with Crippen molar-refractivity contribution in [3.63, 3.8) is 0 Å². The summed E-state index contributed by atoms with van der Waals surface area (Å²) in [7, 11) is 0. The van der Waals surface area contributed by atoms with Gasteiger partial charge in [-0.15, -0.1) is 0 Å². The predicted octanol–water partition coefficient (Wildman–Crippen LogP) is 2.83. The van der Waals surface area contributed by atoms with Crippen LogP contribution in [-0.2, 0) is 0 Å². The Labute approximate surface area is 175 Å². The lowest BCUT2D eigenvalue weighted by atomic mass is 10.1. The summed E-state index contributed by atoms with van der Waals surface area (Å²) in [5.41, 5.74) is 1.09. The van der Waals surface area contributed by atoms with E-state index < -0.39 is 10.9 Å². The third-order valence-electron chi connectivity index (χ3n) is 4.67. The van der Waals surface area contributed by atoms with Gasteiger partial charge in [-0.2, -0.15) is 0 Å². The van der Waals surface area contributed by atoms with Crippen molar-refractivity contribution in [3.05, 3.63) is 110 Å². The van der Waals surface area contributed by atoms with Crippen LogP contribution in [0.4, 0.5) is 5.69 Å². The topological polar surface area (TPSA) is 118 Å². The molecule has 0 fully saturated rings. The molecule has 31 heavy (non-hydrogen) atoms. The maximum atomic E-state index is 13.2. The van der Waals surface area contributed by atoms with E-state index in [0.717, 1.165) is 0 Å². The summed E-state index contributed by atoms with van der Waals surface area (Å²) in [4.78, 5) is 39.3. The molecule has 0 N–H and O–H groups in total. The third kappa shape index (κ3) is 3.95. The minimum atomic E-state index is -1.32. The van der Waals surface area contributed by atoms with Gasteiger partial charge in [0.2, 0.25) is 0 Å². The zero-order valence-corrected chi connectivity index (χ0v) is 16.0. The number of carbonyl (C=O) groups excluding carboxylic acids is 1. The van der Waals surface area contributed by atoms with E-state index >= 15 is 0 Å². The van der Waals surface area contributed by atoms with Gasteiger partial charge in [0.1, 0.15) is 5.82 Å². The van der Waals surface area contributed by atoms with E-state index in [4.69, 9.17) is 0 Å². The number of non-ortho nitro benzene ring substituents is 1. The lowest BCUT2D eigenvalue weighted by Crippen LogP contribution is -2.24. The molecule has 0 spiro atoms. The van der Waals surface area contributed by atoms with Gasteiger partial charge in [-0.1, -0.05) is 42.5 Å². The van der Waals surface area contributed by atoms with Crippen LogP contribution in [0.3, 0.4) is 0 Å². The van der Waals surface area contributed by atoms with Crippen molar-refractivity contribution in [1.82, 2.24) is 9.55 Å². The lowest BCUT2D eigenvalue weighted by Gasteiger charge is -2.12. The molecule has 152 valence electrons. The van der Waals surface area contributed by atoms with E-state index in [1.807, 2.05) is 0 Å². The van der Waals surface area contributed by atoms with E-state index in [-0.39, 0.29) is 22.6 Å². The van der Waals surface area contributed by atoms with Crippen molar-refractivity contribution >= 4 is 34.7 Å². The summed E-state index contributed by atoms with van der Waals surface area (Å²) >= 11 is 0. The van der Waals surface area contributed by atoms with Crippen LogP contribution in [0.2, 0.25) is 0 Å². The number of carboxylic acids is 1. The predicted molar refractivity (Wildman–Crippen MR) is 114 cm³/mol. The fourth-order valence-corrected chi connectivity index (χ4v) is 3.17. The Kier molecular flexibility index (Phi) is 5.11. The average Bonchev–Trinajstić information content (AvgIpc) is 2.78. The number of aromatic carboxylic acids is 1. The normalized spacial score (nSPS) is 11.1. The number of aromatic nitrogens is 2. The van der Waals surface area contributed by atoms with Crippen LogP contribution in [0, 0.1) is 10.1 Å². The zero-order valence-electron chi connectivity index (χ0n) is 16.0. The smallest absolute Gasteiger partial charge is 0.270 e. The number of hydrogen-bond donors (Lipinski definition) is 0. The number of benzene rings is 3. The molecule has 8 nitrogen and oxygen atoms in total. The molecule has 1 aromatic heterocycles. The van der Waals surface area contributed by atoms with Gasteiger partial charge in [0.15, 0.2) is 0 Å². The molecular formula is C23H14N3O5-. The molecule has 0 radical (unpaired) electrons. The molecular weight excluding hydrogens is 398 g/mol. The van der Waals surface area contributed by atoms with Gasteiger partial charge in [-0.25, -0.2) is 4.98 Å². The molecule has 0 unspecified atom stereocenters. The van der Waals surface area contributed by atoms with E-state index in [1.165, 1.54) is 41.0 Å². The molecule has 0 aliphatic heterocycles. The molecule has 0 saturated carbocycles. The van der Waals surface area contributed by atoms with E-state index in [1.54, 1.807) is 48.6 Å². The molecule has 3 aromatic carbocycles. The van der Waals surface area contributed by atoms with Crippen molar-refractivity contribution in [2.75, 3.05) is 0 Å². The third-order valence-corrected chi connectivity index (χ3v) is 4.67. The first-order valence-electron chi connectivity index (χ1n) is 9.20. The highest BCUT2D eigenvalue weighted by Gasteiger charge is 2.11. The summed E-state index contributed by atoms with van der Waals surface area (Å²) in [6.45, 7) is 0. The quantitative estimate of drug-likeness (QED) is 0.367. The second-order valence-corrected chi connectivity index (χ2v) is 6.65. The first-order valence-corrected chi connectivity index (χ1v) is 9.20. The lowest BCUT2D eigenvalue weighted by molar-refractivity contribution is -0.384. The highest BCUT2D eigenvalue weighted by Crippen LogP contribution is 2.18. The van der Waals surface area contributed by atoms with Gasteiger partial charge < -0.3 is 9.90 Å². The van der Waals surface area contributed by atoms with Gasteiger partial charge in [-0.3, -0.25) is 19.5 Å². The van der Waals surface area contributed by atoms with E-state index in [0.29, 0.717) is 22.2 Å². The van der Waals surface area contributed by atoms with Gasteiger partial charge >= 0.3 is 0 Å². The van der Waals surface area contributed by atoms with Crippen LogP contribution < -0.4 is 10.7 Å². The Morgan fingerprint density at radius 2 is 1.71 bits per heavy atom. The first-order chi connectivity index (χ1) is 14.9. The van der Waals surface area contributed by atoms with Gasteiger partial charge in [0.05, 0.1) is 27.5 Å². The summed E-state index contributed by atoms with van der Waals surface area (Å²) < 4.78 is 1.36. The SMILES string of the molecule is O=C([O-])c1ccc(-n2c(/C=C/c3cccc([N+](=O)[O-])c3)nc3ccccc3c2=O)cc1. The number of nitro groups is 1. The number of nitrogens with zero attached hydrogens (tertiary/aromatic N) is 3. The maximum absolute atomic E-state index is 13.2. The Balaban J connectivity index is 1.88. The van der Waals surface area contributed by atoms with Crippen molar-refractivity contribution in [2.45, 2.75) is 0 Å². The van der Waals surface area contributed by atoms with Gasteiger partial charge in [-0.05, 0) is 41.5 Å². The van der Waals surface area contributed by atoms with Crippen molar-refractivity contribution in [3.8, 4) is 5.69 Å². The number of nitro benzene ring substituents is 1. The molecule has 8 heteroatoms. The molecule has 0 bridgehead atoms. The molecule has 0 aliphatic rings. The van der Waals surface area contributed by atoms with Crippen LogP contribution in [-0.4, -0.2) is 20.4 Å². The number of fused-ring (bicyclic) bond motifs is 1. The Morgan fingerprint density at radius 3 is 2.42 bits per heavy atom. The summed E-state index contributed by atoms with van der Waals surface area (Å²) in [6, 6.07) is 18.6. The maximum Gasteiger partial charge on any atom is 0.270 e. The fourth-order valence-electron chi connectivity index (χ4n) is 3.17. The first kappa shape index (κ1) is 19.7. The molecule has 0 aliphatic carbocycles. The van der Waals surface area contributed by atoms with E-state index in [2.05, 4.69) is 4.98 Å².